The molecule has 0 amide bonds. The molecule has 1 heterocycles. The van der Waals surface area contributed by atoms with E-state index in [-0.39, 0.29) is 12.8 Å². The third-order valence-corrected chi connectivity index (χ3v) is 2.10. The maximum Gasteiger partial charge on any atom is 0.303 e. The Kier molecular flexibility index (Phi) is 5.45. The zero-order chi connectivity index (χ0) is 11.8. The summed E-state index contributed by atoms with van der Waals surface area (Å²) >= 11 is 0. The van der Waals surface area contributed by atoms with Crippen LogP contribution in [-0.4, -0.2) is 33.8 Å². The highest BCUT2D eigenvalue weighted by atomic mass is 16.4. The van der Waals surface area contributed by atoms with Crippen molar-refractivity contribution in [2.45, 2.75) is 25.5 Å². The maximum atomic E-state index is 10.3. The van der Waals surface area contributed by atoms with Crippen LogP contribution in [0.25, 0.3) is 0 Å². The van der Waals surface area contributed by atoms with Crippen LogP contribution in [0.5, 0.6) is 0 Å². The van der Waals surface area contributed by atoms with Crippen LogP contribution in [0.4, 0.5) is 0 Å². The molecule has 0 aromatic carbocycles. The molecule has 0 bridgehead atoms. The Labute approximate surface area is 94.1 Å². The molecular formula is C11H16N2O3. The molecule has 0 radical (unpaired) electrons. The molecule has 0 aliphatic heterocycles. The summed E-state index contributed by atoms with van der Waals surface area (Å²) in [6.45, 7) is 0.953. The van der Waals surface area contributed by atoms with Crippen LogP contribution in [0.2, 0.25) is 0 Å². The highest BCUT2D eigenvalue weighted by Crippen LogP contribution is 1.97. The molecule has 3 N–H and O–H groups in total. The Balaban J connectivity index is 2.13. The first kappa shape index (κ1) is 12.6. The SMILES string of the molecule is O=C(O)CCC(O)CNCc1ccccn1. The van der Waals surface area contributed by atoms with Crippen molar-refractivity contribution in [1.82, 2.24) is 10.3 Å². The molecule has 1 aromatic heterocycles. The van der Waals surface area contributed by atoms with Crippen LogP contribution in [0, 0.1) is 0 Å². The van der Waals surface area contributed by atoms with Gasteiger partial charge in [-0.2, -0.15) is 0 Å². The van der Waals surface area contributed by atoms with Gasteiger partial charge >= 0.3 is 5.97 Å². The van der Waals surface area contributed by atoms with Crippen LogP contribution >= 0.6 is 0 Å². The van der Waals surface area contributed by atoms with Crippen molar-refractivity contribution in [3.05, 3.63) is 30.1 Å². The Morgan fingerprint density at radius 2 is 2.31 bits per heavy atom. The fourth-order valence-electron chi connectivity index (χ4n) is 1.26. The molecule has 5 nitrogen and oxygen atoms in total. The van der Waals surface area contributed by atoms with Gasteiger partial charge in [0, 0.05) is 25.7 Å². The van der Waals surface area contributed by atoms with Gasteiger partial charge in [-0.1, -0.05) is 6.07 Å². The first-order chi connectivity index (χ1) is 7.68. The van der Waals surface area contributed by atoms with E-state index in [1.54, 1.807) is 6.20 Å². The second-order valence-electron chi connectivity index (χ2n) is 3.54. The van der Waals surface area contributed by atoms with E-state index in [4.69, 9.17) is 5.11 Å². The van der Waals surface area contributed by atoms with Crippen molar-refractivity contribution < 1.29 is 15.0 Å². The predicted molar refractivity (Wildman–Crippen MR) is 58.8 cm³/mol. The van der Waals surface area contributed by atoms with Crippen LogP contribution in [0.3, 0.4) is 0 Å². The van der Waals surface area contributed by atoms with Crippen molar-refractivity contribution in [3.63, 3.8) is 0 Å². The number of rotatable bonds is 7. The van der Waals surface area contributed by atoms with Gasteiger partial charge in [0.1, 0.15) is 0 Å². The van der Waals surface area contributed by atoms with E-state index in [0.29, 0.717) is 13.1 Å². The number of carbonyl (C=O) groups is 1. The Morgan fingerprint density at radius 1 is 1.50 bits per heavy atom. The molecular weight excluding hydrogens is 208 g/mol. The fourth-order valence-corrected chi connectivity index (χ4v) is 1.26. The zero-order valence-corrected chi connectivity index (χ0v) is 8.97. The molecule has 1 atom stereocenters. The second-order valence-corrected chi connectivity index (χ2v) is 3.54. The minimum Gasteiger partial charge on any atom is -0.481 e. The van der Waals surface area contributed by atoms with Crippen LogP contribution in [-0.2, 0) is 11.3 Å². The number of aromatic nitrogens is 1. The van der Waals surface area contributed by atoms with Gasteiger partial charge < -0.3 is 15.5 Å². The fraction of sp³-hybridized carbons (Fsp3) is 0.455. The smallest absolute Gasteiger partial charge is 0.303 e. The van der Waals surface area contributed by atoms with Gasteiger partial charge in [0.2, 0.25) is 0 Å². The molecule has 5 heteroatoms. The van der Waals surface area contributed by atoms with E-state index in [2.05, 4.69) is 10.3 Å². The standard InChI is InChI=1S/C11H16N2O3/c14-10(4-5-11(15)16)8-12-7-9-3-1-2-6-13-9/h1-3,6,10,12,14H,4-5,7-8H2,(H,15,16). The minimum atomic E-state index is -0.885. The summed E-state index contributed by atoms with van der Waals surface area (Å²) in [5, 5.41) is 20.9. The summed E-state index contributed by atoms with van der Waals surface area (Å²) in [6, 6.07) is 5.62. The topological polar surface area (TPSA) is 82.5 Å². The lowest BCUT2D eigenvalue weighted by atomic mass is 10.2. The van der Waals surface area contributed by atoms with E-state index >= 15 is 0 Å². The van der Waals surface area contributed by atoms with E-state index in [1.165, 1.54) is 0 Å². The molecule has 1 rings (SSSR count). The average Bonchev–Trinajstić information content (AvgIpc) is 2.28. The van der Waals surface area contributed by atoms with Gasteiger partial charge in [-0.3, -0.25) is 9.78 Å². The molecule has 1 aromatic rings. The number of pyridine rings is 1. The predicted octanol–water partition coefficient (Wildman–Crippen LogP) is 0.397. The number of hydrogen-bond donors (Lipinski definition) is 3. The number of aliphatic carboxylic acids is 1. The quantitative estimate of drug-likeness (QED) is 0.624. The lowest BCUT2D eigenvalue weighted by Gasteiger charge is -2.10. The van der Waals surface area contributed by atoms with Gasteiger partial charge in [0.25, 0.3) is 0 Å². The molecule has 1 unspecified atom stereocenters. The molecule has 0 aliphatic carbocycles. The molecule has 0 spiro atoms. The summed E-state index contributed by atoms with van der Waals surface area (Å²) in [4.78, 5) is 14.4. The lowest BCUT2D eigenvalue weighted by molar-refractivity contribution is -0.137. The number of hydrogen-bond acceptors (Lipinski definition) is 4. The lowest BCUT2D eigenvalue weighted by Crippen LogP contribution is -2.27. The van der Waals surface area contributed by atoms with Gasteiger partial charge in [-0.25, -0.2) is 0 Å². The number of aliphatic hydroxyl groups is 1. The molecule has 88 valence electrons. The summed E-state index contributed by atoms with van der Waals surface area (Å²) in [5.74, 6) is -0.885. The molecule has 0 aliphatic rings. The number of carboxylic acid groups (broad SMARTS) is 1. The average molecular weight is 224 g/mol. The van der Waals surface area contributed by atoms with Gasteiger partial charge in [0.05, 0.1) is 11.8 Å². The summed E-state index contributed by atoms with van der Waals surface area (Å²) < 4.78 is 0. The zero-order valence-electron chi connectivity index (χ0n) is 8.97. The number of nitrogens with one attached hydrogen (secondary N) is 1. The Bertz CT molecular complexity index is 316. The number of aliphatic hydroxyl groups excluding tert-OH is 1. The van der Waals surface area contributed by atoms with E-state index in [0.717, 1.165) is 5.69 Å². The van der Waals surface area contributed by atoms with Crippen molar-refractivity contribution in [2.75, 3.05) is 6.54 Å². The third kappa shape index (κ3) is 5.43. The highest BCUT2D eigenvalue weighted by molar-refractivity contribution is 5.66. The van der Waals surface area contributed by atoms with Crippen LogP contribution in [0.1, 0.15) is 18.5 Å². The molecule has 16 heavy (non-hydrogen) atoms. The number of nitrogens with zero attached hydrogens (tertiary/aromatic N) is 1. The van der Waals surface area contributed by atoms with E-state index in [9.17, 15) is 9.90 Å². The van der Waals surface area contributed by atoms with Gasteiger partial charge in [-0.05, 0) is 18.6 Å². The Morgan fingerprint density at radius 3 is 2.94 bits per heavy atom. The normalized spacial score (nSPS) is 12.3. The van der Waals surface area contributed by atoms with Gasteiger partial charge in [-0.15, -0.1) is 0 Å². The third-order valence-electron chi connectivity index (χ3n) is 2.10. The first-order valence-corrected chi connectivity index (χ1v) is 5.19. The van der Waals surface area contributed by atoms with E-state index < -0.39 is 12.1 Å². The van der Waals surface area contributed by atoms with Crippen molar-refractivity contribution >= 4 is 5.97 Å². The maximum absolute atomic E-state index is 10.3. The number of carboxylic acids is 1. The highest BCUT2D eigenvalue weighted by Gasteiger charge is 2.06. The minimum absolute atomic E-state index is 0.00751. The summed E-state index contributed by atoms with van der Waals surface area (Å²) in [5.41, 5.74) is 0.896. The second kappa shape index (κ2) is 6.92. The summed E-state index contributed by atoms with van der Waals surface area (Å²) in [7, 11) is 0. The van der Waals surface area contributed by atoms with Crippen molar-refractivity contribution in [1.29, 1.82) is 0 Å². The summed E-state index contributed by atoms with van der Waals surface area (Å²) in [6.07, 6.45) is 1.34. The van der Waals surface area contributed by atoms with Crippen molar-refractivity contribution in [2.24, 2.45) is 0 Å². The van der Waals surface area contributed by atoms with Crippen LogP contribution < -0.4 is 5.32 Å². The van der Waals surface area contributed by atoms with Crippen LogP contribution in [0.15, 0.2) is 24.4 Å². The van der Waals surface area contributed by atoms with Gasteiger partial charge in [0.15, 0.2) is 0 Å². The van der Waals surface area contributed by atoms with E-state index in [1.807, 2.05) is 18.2 Å². The molecule has 0 fully saturated rings. The first-order valence-electron chi connectivity index (χ1n) is 5.19. The monoisotopic (exact) mass is 224 g/mol. The molecule has 0 saturated carbocycles. The Hall–Kier alpha value is -1.46. The molecule has 0 saturated heterocycles. The van der Waals surface area contributed by atoms with Crippen molar-refractivity contribution in [3.8, 4) is 0 Å². The largest absolute Gasteiger partial charge is 0.481 e.